The molecule has 20 heavy (non-hydrogen) atoms. The smallest absolute Gasteiger partial charge is 0.242 e. The van der Waals surface area contributed by atoms with Crippen LogP contribution in [0.4, 0.5) is 0 Å². The number of amides is 2. The molecular formula is C14H21N3O3. The number of carbonyl (C=O) groups is 2. The molecule has 0 fully saturated rings. The number of ether oxygens (including phenoxy) is 1. The van der Waals surface area contributed by atoms with Crippen LogP contribution in [0, 0.1) is 0 Å². The molecule has 1 rings (SSSR count). The van der Waals surface area contributed by atoms with Crippen LogP contribution in [-0.2, 0) is 14.3 Å². The van der Waals surface area contributed by atoms with Crippen LogP contribution in [0.5, 0.6) is 0 Å². The van der Waals surface area contributed by atoms with Gasteiger partial charge in [0.1, 0.15) is 12.1 Å². The summed E-state index contributed by atoms with van der Waals surface area (Å²) in [6.45, 7) is 2.44. The Labute approximate surface area is 118 Å². The first-order valence-corrected chi connectivity index (χ1v) is 6.43. The third-order valence-electron chi connectivity index (χ3n) is 2.80. The number of hydrogen-bond donors (Lipinski definition) is 3. The number of nitrogens with two attached hydrogens (primary N) is 1. The van der Waals surface area contributed by atoms with Crippen molar-refractivity contribution in [2.24, 2.45) is 5.73 Å². The van der Waals surface area contributed by atoms with Crippen LogP contribution in [0.3, 0.4) is 0 Å². The van der Waals surface area contributed by atoms with Crippen molar-refractivity contribution in [2.75, 3.05) is 20.3 Å². The Morgan fingerprint density at radius 2 is 1.90 bits per heavy atom. The molecule has 0 aliphatic heterocycles. The summed E-state index contributed by atoms with van der Waals surface area (Å²) in [7, 11) is 1.55. The summed E-state index contributed by atoms with van der Waals surface area (Å²) >= 11 is 0. The van der Waals surface area contributed by atoms with Gasteiger partial charge >= 0.3 is 0 Å². The largest absolute Gasteiger partial charge is 0.383 e. The minimum atomic E-state index is -0.787. The number of benzene rings is 1. The van der Waals surface area contributed by atoms with Gasteiger partial charge < -0.3 is 21.1 Å². The Morgan fingerprint density at radius 1 is 1.25 bits per heavy atom. The quantitative estimate of drug-likeness (QED) is 0.610. The van der Waals surface area contributed by atoms with E-state index >= 15 is 0 Å². The Hall–Kier alpha value is -1.92. The maximum atomic E-state index is 11.9. The van der Waals surface area contributed by atoms with Crippen LogP contribution < -0.4 is 16.4 Å². The lowest BCUT2D eigenvalue weighted by Crippen LogP contribution is -2.48. The van der Waals surface area contributed by atoms with E-state index < -0.39 is 12.1 Å². The van der Waals surface area contributed by atoms with Gasteiger partial charge in [-0.05, 0) is 12.5 Å². The third-order valence-corrected chi connectivity index (χ3v) is 2.80. The van der Waals surface area contributed by atoms with Gasteiger partial charge in [0.25, 0.3) is 0 Å². The van der Waals surface area contributed by atoms with Gasteiger partial charge in [-0.25, -0.2) is 0 Å². The molecule has 6 nitrogen and oxygen atoms in total. The zero-order chi connectivity index (χ0) is 15.0. The second-order valence-corrected chi connectivity index (χ2v) is 4.40. The fraction of sp³-hybridized carbons (Fsp3) is 0.429. The molecule has 2 amide bonds. The van der Waals surface area contributed by atoms with E-state index in [1.54, 1.807) is 26.2 Å². The Kier molecular flexibility index (Phi) is 6.69. The highest BCUT2D eigenvalue weighted by atomic mass is 16.5. The lowest BCUT2D eigenvalue weighted by molar-refractivity contribution is -0.129. The van der Waals surface area contributed by atoms with E-state index in [-0.39, 0.29) is 11.8 Å². The highest BCUT2D eigenvalue weighted by molar-refractivity contribution is 5.89. The monoisotopic (exact) mass is 279 g/mol. The normalized spacial score (nSPS) is 13.3. The van der Waals surface area contributed by atoms with Crippen molar-refractivity contribution in [1.82, 2.24) is 10.6 Å². The van der Waals surface area contributed by atoms with Crippen LogP contribution in [0.15, 0.2) is 30.3 Å². The number of methoxy groups -OCH3 is 1. The summed E-state index contributed by atoms with van der Waals surface area (Å²) in [5.41, 5.74) is 6.55. The zero-order valence-electron chi connectivity index (χ0n) is 11.8. The van der Waals surface area contributed by atoms with E-state index in [1.165, 1.54) is 0 Å². The summed E-state index contributed by atoms with van der Waals surface area (Å²) in [4.78, 5) is 23.6. The topological polar surface area (TPSA) is 93.5 Å². The molecule has 0 aromatic heterocycles. The molecule has 0 aliphatic rings. The molecule has 0 radical (unpaired) electrons. The Bertz CT molecular complexity index is 437. The molecule has 1 aromatic rings. The molecule has 110 valence electrons. The van der Waals surface area contributed by atoms with Crippen molar-refractivity contribution < 1.29 is 14.3 Å². The SMILES string of the molecule is COCCNC(=O)C(C)NC(=O)C(N)c1ccccc1. The Morgan fingerprint density at radius 3 is 2.50 bits per heavy atom. The molecule has 2 atom stereocenters. The molecule has 6 heteroatoms. The zero-order valence-corrected chi connectivity index (χ0v) is 11.8. The lowest BCUT2D eigenvalue weighted by Gasteiger charge is -2.17. The van der Waals surface area contributed by atoms with E-state index in [4.69, 9.17) is 10.5 Å². The predicted molar refractivity (Wildman–Crippen MR) is 75.9 cm³/mol. The summed E-state index contributed by atoms with van der Waals surface area (Å²) in [5.74, 6) is -0.652. The molecule has 4 N–H and O–H groups in total. The van der Waals surface area contributed by atoms with E-state index in [1.807, 2.05) is 18.2 Å². The first-order valence-electron chi connectivity index (χ1n) is 6.43. The van der Waals surface area contributed by atoms with Gasteiger partial charge in [-0.15, -0.1) is 0 Å². The van der Waals surface area contributed by atoms with E-state index in [2.05, 4.69) is 10.6 Å². The van der Waals surface area contributed by atoms with Gasteiger partial charge in [0.15, 0.2) is 0 Å². The first kappa shape index (κ1) is 16.1. The minimum Gasteiger partial charge on any atom is -0.383 e. The van der Waals surface area contributed by atoms with Gasteiger partial charge in [0, 0.05) is 13.7 Å². The van der Waals surface area contributed by atoms with Crippen LogP contribution in [0.2, 0.25) is 0 Å². The fourth-order valence-corrected chi connectivity index (χ4v) is 1.61. The second-order valence-electron chi connectivity index (χ2n) is 4.40. The van der Waals surface area contributed by atoms with Crippen molar-refractivity contribution in [2.45, 2.75) is 19.0 Å². The number of hydrogen-bond acceptors (Lipinski definition) is 4. The maximum absolute atomic E-state index is 11.9. The molecule has 0 saturated carbocycles. The molecule has 0 bridgehead atoms. The summed E-state index contributed by atoms with van der Waals surface area (Å²) in [6.07, 6.45) is 0. The fourth-order valence-electron chi connectivity index (χ4n) is 1.61. The third kappa shape index (κ3) is 4.99. The summed E-state index contributed by atoms with van der Waals surface area (Å²) < 4.78 is 4.83. The van der Waals surface area contributed by atoms with Crippen molar-refractivity contribution in [3.8, 4) is 0 Å². The molecule has 0 saturated heterocycles. The standard InChI is InChI=1S/C14H21N3O3/c1-10(13(18)16-8-9-20-2)17-14(19)12(15)11-6-4-3-5-7-11/h3-7,10,12H,8-9,15H2,1-2H3,(H,16,18)(H,17,19). The predicted octanol–water partition coefficient (Wildman–Crippen LogP) is -0.0463. The molecular weight excluding hydrogens is 258 g/mol. The second kappa shape index (κ2) is 8.29. The summed E-state index contributed by atoms with van der Waals surface area (Å²) in [6, 6.07) is 7.58. The number of carbonyl (C=O) groups excluding carboxylic acids is 2. The minimum absolute atomic E-state index is 0.268. The van der Waals surface area contributed by atoms with Crippen molar-refractivity contribution in [3.05, 3.63) is 35.9 Å². The molecule has 0 spiro atoms. The first-order chi connectivity index (χ1) is 9.56. The average molecular weight is 279 g/mol. The van der Waals surface area contributed by atoms with Gasteiger partial charge in [-0.2, -0.15) is 0 Å². The van der Waals surface area contributed by atoms with Gasteiger partial charge in [-0.1, -0.05) is 30.3 Å². The van der Waals surface area contributed by atoms with Crippen LogP contribution >= 0.6 is 0 Å². The van der Waals surface area contributed by atoms with Gasteiger partial charge in [0.2, 0.25) is 11.8 Å². The van der Waals surface area contributed by atoms with Crippen molar-refractivity contribution in [3.63, 3.8) is 0 Å². The lowest BCUT2D eigenvalue weighted by atomic mass is 10.1. The number of rotatable bonds is 7. The van der Waals surface area contributed by atoms with Crippen molar-refractivity contribution >= 4 is 11.8 Å². The van der Waals surface area contributed by atoms with E-state index in [9.17, 15) is 9.59 Å². The highest BCUT2D eigenvalue weighted by Gasteiger charge is 2.20. The molecule has 2 unspecified atom stereocenters. The molecule has 0 heterocycles. The average Bonchev–Trinajstić information content (AvgIpc) is 2.47. The molecule has 0 aliphatic carbocycles. The summed E-state index contributed by atoms with van der Waals surface area (Å²) in [5, 5.41) is 5.24. The van der Waals surface area contributed by atoms with Gasteiger partial charge in [0.05, 0.1) is 6.61 Å². The Balaban J connectivity index is 2.47. The van der Waals surface area contributed by atoms with Crippen LogP contribution in [-0.4, -0.2) is 38.1 Å². The maximum Gasteiger partial charge on any atom is 0.242 e. The number of nitrogens with one attached hydrogen (secondary N) is 2. The van der Waals surface area contributed by atoms with Crippen molar-refractivity contribution in [1.29, 1.82) is 0 Å². The highest BCUT2D eigenvalue weighted by Crippen LogP contribution is 2.09. The van der Waals surface area contributed by atoms with Gasteiger partial charge in [-0.3, -0.25) is 9.59 Å². The molecule has 1 aromatic carbocycles. The van der Waals surface area contributed by atoms with E-state index in [0.717, 1.165) is 0 Å². The van der Waals surface area contributed by atoms with Crippen LogP contribution in [0.1, 0.15) is 18.5 Å². The van der Waals surface area contributed by atoms with Crippen LogP contribution in [0.25, 0.3) is 0 Å². The van der Waals surface area contributed by atoms with E-state index in [0.29, 0.717) is 18.7 Å².